The van der Waals surface area contributed by atoms with Crippen LogP contribution in [0.15, 0.2) is 59.9 Å². The first-order chi connectivity index (χ1) is 15.9. The molecule has 2 atom stereocenters. The molecule has 2 aliphatic rings. The van der Waals surface area contributed by atoms with Crippen molar-refractivity contribution >= 4 is 23.4 Å². The number of para-hydroxylation sites is 1. The number of rotatable bonds is 6. The molecule has 1 aliphatic heterocycles. The van der Waals surface area contributed by atoms with Crippen molar-refractivity contribution in [1.29, 1.82) is 0 Å². The first kappa shape index (κ1) is 22.4. The molecule has 8 nitrogen and oxygen atoms in total. The Morgan fingerprint density at radius 1 is 0.970 bits per heavy atom. The number of amides is 3. The Hall–Kier alpha value is -3.81. The number of carbonyl (C=O) groups is 3. The third kappa shape index (κ3) is 4.55. The zero-order chi connectivity index (χ0) is 23.5. The number of aromatic hydroxyl groups is 1. The van der Waals surface area contributed by atoms with E-state index in [1.165, 1.54) is 16.5 Å². The van der Waals surface area contributed by atoms with Crippen molar-refractivity contribution in [1.82, 2.24) is 15.5 Å². The lowest BCUT2D eigenvalue weighted by atomic mass is 9.80. The Labute approximate surface area is 192 Å². The average molecular weight is 449 g/mol. The fraction of sp³-hybridized carbons (Fsp3) is 0.320. The van der Waals surface area contributed by atoms with E-state index in [0.29, 0.717) is 0 Å². The Kier molecular flexibility index (Phi) is 6.35. The number of phenolic OH excluding ortho intramolecular Hbond substituents is 1. The van der Waals surface area contributed by atoms with Gasteiger partial charge in [0.1, 0.15) is 11.4 Å². The number of phenols is 1. The zero-order valence-electron chi connectivity index (χ0n) is 18.7. The van der Waals surface area contributed by atoms with Gasteiger partial charge in [-0.1, -0.05) is 49.2 Å². The van der Waals surface area contributed by atoms with Crippen molar-refractivity contribution in [2.75, 3.05) is 19.4 Å². The second-order valence-corrected chi connectivity index (χ2v) is 8.61. The summed E-state index contributed by atoms with van der Waals surface area (Å²) in [6, 6.07) is 14.8. The lowest BCUT2D eigenvalue weighted by molar-refractivity contribution is -0.124. The third-order valence-corrected chi connectivity index (χ3v) is 6.19. The number of anilines is 1. The van der Waals surface area contributed by atoms with Crippen LogP contribution in [0.3, 0.4) is 0 Å². The Bertz CT molecular complexity index is 1110. The minimum atomic E-state index is -0.585. The largest absolute Gasteiger partial charge is 0.505 e. The van der Waals surface area contributed by atoms with Crippen LogP contribution in [0.1, 0.15) is 47.5 Å². The lowest BCUT2D eigenvalue weighted by Gasteiger charge is -2.33. The molecule has 0 bridgehead atoms. The lowest BCUT2D eigenvalue weighted by Crippen LogP contribution is -2.39. The maximum atomic E-state index is 12.6. The summed E-state index contributed by atoms with van der Waals surface area (Å²) in [5.41, 5.74) is 1.65. The topological polar surface area (TPSA) is 111 Å². The minimum absolute atomic E-state index is 0.0140. The molecular weight excluding hydrogens is 420 g/mol. The molecule has 1 heterocycles. The Morgan fingerprint density at radius 3 is 2.39 bits per heavy atom. The van der Waals surface area contributed by atoms with Gasteiger partial charge in [-0.2, -0.15) is 0 Å². The van der Waals surface area contributed by atoms with Crippen LogP contribution in [-0.2, 0) is 9.59 Å². The number of benzene rings is 2. The molecule has 1 aliphatic carbocycles. The fourth-order valence-corrected chi connectivity index (χ4v) is 4.49. The van der Waals surface area contributed by atoms with Crippen LogP contribution in [0.25, 0.3) is 0 Å². The summed E-state index contributed by atoms with van der Waals surface area (Å²) in [6.45, 7) is 0. The van der Waals surface area contributed by atoms with Crippen molar-refractivity contribution in [3.8, 4) is 5.75 Å². The molecule has 0 spiro atoms. The predicted octanol–water partition coefficient (Wildman–Crippen LogP) is 2.69. The first-order valence-electron chi connectivity index (χ1n) is 11.1. The number of hydrogen-bond acceptors (Lipinski definition) is 6. The van der Waals surface area contributed by atoms with E-state index in [0.717, 1.165) is 25.7 Å². The molecular formula is C25H28N4O4. The first-order valence-corrected chi connectivity index (χ1v) is 11.1. The van der Waals surface area contributed by atoms with E-state index in [9.17, 15) is 19.5 Å². The molecule has 8 heteroatoms. The van der Waals surface area contributed by atoms with Crippen LogP contribution in [0.4, 0.5) is 5.69 Å². The van der Waals surface area contributed by atoms with Gasteiger partial charge in [-0.05, 0) is 30.5 Å². The molecule has 2 aromatic rings. The number of nitrogens with one attached hydrogen (secondary N) is 3. The van der Waals surface area contributed by atoms with E-state index >= 15 is 0 Å². The second kappa shape index (κ2) is 9.36. The number of hydrogen-bond donors (Lipinski definition) is 4. The van der Waals surface area contributed by atoms with Crippen molar-refractivity contribution < 1.29 is 19.5 Å². The SMILES string of the molecule is CN(C)C(=O)c1cccc(NC2=C(N[C@@H]3CCCC[C@H]3c3ccccc3)C(=O)NC2=O)c1O. The molecule has 33 heavy (non-hydrogen) atoms. The van der Waals surface area contributed by atoms with E-state index < -0.39 is 11.8 Å². The molecule has 2 aromatic carbocycles. The van der Waals surface area contributed by atoms with E-state index in [1.807, 2.05) is 18.2 Å². The van der Waals surface area contributed by atoms with Crippen molar-refractivity contribution in [2.24, 2.45) is 0 Å². The second-order valence-electron chi connectivity index (χ2n) is 8.61. The average Bonchev–Trinajstić information content (AvgIpc) is 3.07. The summed E-state index contributed by atoms with van der Waals surface area (Å²) < 4.78 is 0. The van der Waals surface area contributed by atoms with Gasteiger partial charge in [0.15, 0.2) is 5.75 Å². The molecule has 1 fully saturated rings. The van der Waals surface area contributed by atoms with Crippen LogP contribution in [0.2, 0.25) is 0 Å². The van der Waals surface area contributed by atoms with Crippen molar-refractivity contribution in [3.05, 3.63) is 71.1 Å². The minimum Gasteiger partial charge on any atom is -0.505 e. The molecule has 1 saturated carbocycles. The highest BCUT2D eigenvalue weighted by Gasteiger charge is 2.35. The summed E-state index contributed by atoms with van der Waals surface area (Å²) in [5, 5.41) is 19.2. The number of carbonyl (C=O) groups excluding carboxylic acids is 3. The standard InChI is InChI=1S/C25H28N4O4/c1-29(2)25(33)17-12-8-14-19(22(17)30)27-21-20(23(31)28-24(21)32)26-18-13-7-6-11-16(18)15-9-4-3-5-10-15/h3-5,8-10,12,14,16,18,30H,6-7,11,13H2,1-2H3,(H3,26,27,28,31,32)/t16-,18+/m0/s1. The summed E-state index contributed by atoms with van der Waals surface area (Å²) >= 11 is 0. The quantitative estimate of drug-likeness (QED) is 0.400. The maximum absolute atomic E-state index is 12.6. The maximum Gasteiger partial charge on any atom is 0.276 e. The van der Waals surface area contributed by atoms with Gasteiger partial charge in [-0.3, -0.25) is 19.7 Å². The van der Waals surface area contributed by atoms with Crippen LogP contribution >= 0.6 is 0 Å². The smallest absolute Gasteiger partial charge is 0.276 e. The Morgan fingerprint density at radius 2 is 1.67 bits per heavy atom. The van der Waals surface area contributed by atoms with E-state index in [1.54, 1.807) is 26.2 Å². The number of nitrogens with zero attached hydrogens (tertiary/aromatic N) is 1. The normalized spacial score (nSPS) is 20.4. The predicted molar refractivity (Wildman–Crippen MR) is 124 cm³/mol. The summed E-state index contributed by atoms with van der Waals surface area (Å²) in [6.07, 6.45) is 3.99. The van der Waals surface area contributed by atoms with Gasteiger partial charge in [-0.25, -0.2) is 0 Å². The number of imide groups is 1. The molecule has 172 valence electrons. The van der Waals surface area contributed by atoms with Crippen LogP contribution in [0.5, 0.6) is 5.75 Å². The van der Waals surface area contributed by atoms with Gasteiger partial charge >= 0.3 is 0 Å². The highest BCUT2D eigenvalue weighted by Crippen LogP contribution is 2.35. The van der Waals surface area contributed by atoms with Crippen LogP contribution < -0.4 is 16.0 Å². The molecule has 0 saturated heterocycles. The van der Waals surface area contributed by atoms with Gasteiger partial charge < -0.3 is 20.6 Å². The molecule has 4 rings (SSSR count). The van der Waals surface area contributed by atoms with Crippen LogP contribution in [0, 0.1) is 0 Å². The summed E-state index contributed by atoms with van der Waals surface area (Å²) in [4.78, 5) is 38.9. The van der Waals surface area contributed by atoms with E-state index in [-0.39, 0.29) is 46.3 Å². The van der Waals surface area contributed by atoms with Gasteiger partial charge in [0.2, 0.25) is 0 Å². The monoisotopic (exact) mass is 448 g/mol. The summed E-state index contributed by atoms with van der Waals surface area (Å²) in [7, 11) is 3.17. The highest BCUT2D eigenvalue weighted by molar-refractivity contribution is 6.20. The molecule has 4 N–H and O–H groups in total. The Balaban J connectivity index is 1.64. The molecule has 0 aromatic heterocycles. The van der Waals surface area contributed by atoms with Gasteiger partial charge in [0.25, 0.3) is 17.7 Å². The third-order valence-electron chi connectivity index (χ3n) is 6.19. The molecule has 0 unspecified atom stereocenters. The van der Waals surface area contributed by atoms with Gasteiger partial charge in [0.05, 0.1) is 11.3 Å². The zero-order valence-corrected chi connectivity index (χ0v) is 18.7. The van der Waals surface area contributed by atoms with Gasteiger partial charge in [-0.15, -0.1) is 0 Å². The van der Waals surface area contributed by atoms with Crippen molar-refractivity contribution in [3.63, 3.8) is 0 Å². The molecule has 0 radical (unpaired) electrons. The summed E-state index contributed by atoms with van der Waals surface area (Å²) in [5.74, 6) is -1.54. The highest BCUT2D eigenvalue weighted by atomic mass is 16.3. The van der Waals surface area contributed by atoms with Crippen LogP contribution in [-0.4, -0.2) is 47.9 Å². The molecule has 3 amide bonds. The fourth-order valence-electron chi connectivity index (χ4n) is 4.49. The van der Waals surface area contributed by atoms with E-state index in [4.69, 9.17) is 0 Å². The van der Waals surface area contributed by atoms with E-state index in [2.05, 4.69) is 28.1 Å². The van der Waals surface area contributed by atoms with Crippen molar-refractivity contribution in [2.45, 2.75) is 37.6 Å². The van der Waals surface area contributed by atoms with Gasteiger partial charge in [0, 0.05) is 26.1 Å².